The predicted molar refractivity (Wildman–Crippen MR) is 110 cm³/mol. The Labute approximate surface area is 181 Å². The number of nitrogens with one attached hydrogen (secondary N) is 1. The van der Waals surface area contributed by atoms with Crippen LogP contribution < -0.4 is 11.1 Å². The minimum atomic E-state index is -0.599. The first kappa shape index (κ1) is 22.6. The number of carbonyl (C=O) groups is 2. The first-order chi connectivity index (χ1) is 14.4. The normalized spacial score (nSPS) is 17.1. The molecule has 1 aliphatic heterocycles. The van der Waals surface area contributed by atoms with Crippen molar-refractivity contribution in [3.63, 3.8) is 0 Å². The number of halogens is 2. The lowest BCUT2D eigenvalue weighted by molar-refractivity contribution is -0.120. The van der Waals surface area contributed by atoms with E-state index in [0.717, 1.165) is 6.07 Å². The van der Waals surface area contributed by atoms with Gasteiger partial charge in [-0.2, -0.15) is 0 Å². The Bertz CT molecular complexity index is 896. The lowest BCUT2D eigenvalue weighted by atomic mass is 10.1. The van der Waals surface area contributed by atoms with E-state index in [2.05, 4.69) is 10.3 Å². The molecule has 1 aromatic carbocycles. The maximum absolute atomic E-state index is 13.9. The van der Waals surface area contributed by atoms with Crippen molar-refractivity contribution in [2.75, 3.05) is 32.0 Å². The predicted octanol–water partition coefficient (Wildman–Crippen LogP) is 1.56. The summed E-state index contributed by atoms with van der Waals surface area (Å²) in [6.45, 7) is 2.34. The standard InChI is InChI=1S/C19H22F2N4O3S2/c20-13-2-1-12(16(21)5-13)8-25-3-4-28-15(9-25)7-23-18(27)11-30-19-24-14(10-29-19)6-17(22)26/h1-2,5,10,15H,3-4,6-9,11H2,(H2,22,26)(H,23,27). The maximum Gasteiger partial charge on any atom is 0.230 e. The fourth-order valence-corrected chi connectivity index (χ4v) is 4.63. The molecule has 0 bridgehead atoms. The molecule has 1 atom stereocenters. The molecule has 2 aromatic rings. The first-order valence-electron chi connectivity index (χ1n) is 9.29. The van der Waals surface area contributed by atoms with Crippen molar-refractivity contribution in [2.24, 2.45) is 5.73 Å². The molecule has 11 heteroatoms. The molecule has 2 heterocycles. The second-order valence-electron chi connectivity index (χ2n) is 6.80. The van der Waals surface area contributed by atoms with Crippen molar-refractivity contribution >= 4 is 34.9 Å². The molecule has 162 valence electrons. The number of primary amides is 1. The van der Waals surface area contributed by atoms with Gasteiger partial charge in [0.25, 0.3) is 0 Å². The summed E-state index contributed by atoms with van der Waals surface area (Å²) in [6, 6.07) is 3.57. The van der Waals surface area contributed by atoms with Crippen LogP contribution in [0.25, 0.3) is 0 Å². The fourth-order valence-electron chi connectivity index (χ4n) is 2.96. The molecule has 0 saturated carbocycles. The monoisotopic (exact) mass is 456 g/mol. The molecule has 1 saturated heterocycles. The fraction of sp³-hybridized carbons (Fsp3) is 0.421. The van der Waals surface area contributed by atoms with Gasteiger partial charge in [-0.1, -0.05) is 17.8 Å². The van der Waals surface area contributed by atoms with Crippen LogP contribution in [0.3, 0.4) is 0 Å². The van der Waals surface area contributed by atoms with Crippen LogP contribution >= 0.6 is 23.1 Å². The minimum absolute atomic E-state index is 0.0839. The Morgan fingerprint density at radius 1 is 1.40 bits per heavy atom. The van der Waals surface area contributed by atoms with Gasteiger partial charge in [0.1, 0.15) is 11.6 Å². The lowest BCUT2D eigenvalue weighted by Crippen LogP contribution is -2.47. The van der Waals surface area contributed by atoms with Crippen molar-refractivity contribution in [1.29, 1.82) is 0 Å². The third kappa shape index (κ3) is 7.01. The number of amides is 2. The average Bonchev–Trinajstić information content (AvgIpc) is 3.14. The largest absolute Gasteiger partial charge is 0.374 e. The summed E-state index contributed by atoms with van der Waals surface area (Å²) in [5, 5.41) is 4.58. The number of nitrogens with two attached hydrogens (primary N) is 1. The van der Waals surface area contributed by atoms with E-state index in [-0.39, 0.29) is 24.2 Å². The van der Waals surface area contributed by atoms with Gasteiger partial charge in [0.15, 0.2) is 4.34 Å². The van der Waals surface area contributed by atoms with Gasteiger partial charge in [0, 0.05) is 43.2 Å². The van der Waals surface area contributed by atoms with Gasteiger partial charge in [-0.25, -0.2) is 13.8 Å². The zero-order valence-corrected chi connectivity index (χ0v) is 17.7. The van der Waals surface area contributed by atoms with Crippen molar-refractivity contribution in [2.45, 2.75) is 23.4 Å². The van der Waals surface area contributed by atoms with Gasteiger partial charge in [0.2, 0.25) is 11.8 Å². The van der Waals surface area contributed by atoms with Crippen molar-refractivity contribution in [3.8, 4) is 0 Å². The third-order valence-electron chi connectivity index (χ3n) is 4.37. The highest BCUT2D eigenvalue weighted by Crippen LogP contribution is 2.22. The first-order valence-corrected chi connectivity index (χ1v) is 11.2. The molecular formula is C19H22F2N4O3S2. The molecule has 7 nitrogen and oxygen atoms in total. The third-order valence-corrected chi connectivity index (χ3v) is 6.44. The average molecular weight is 457 g/mol. The highest BCUT2D eigenvalue weighted by Gasteiger charge is 2.22. The van der Waals surface area contributed by atoms with Crippen LogP contribution in [-0.4, -0.2) is 59.8 Å². The number of hydrogen-bond acceptors (Lipinski definition) is 7. The van der Waals surface area contributed by atoms with E-state index in [4.69, 9.17) is 10.5 Å². The number of benzene rings is 1. The van der Waals surface area contributed by atoms with Crippen LogP contribution in [0.4, 0.5) is 8.78 Å². The zero-order chi connectivity index (χ0) is 21.5. The Balaban J connectivity index is 1.40. The van der Waals surface area contributed by atoms with Gasteiger partial charge < -0.3 is 15.8 Å². The molecule has 0 spiro atoms. The number of aromatic nitrogens is 1. The summed E-state index contributed by atoms with van der Waals surface area (Å²) in [4.78, 5) is 29.3. The smallest absolute Gasteiger partial charge is 0.230 e. The van der Waals surface area contributed by atoms with Gasteiger partial charge in [-0.3, -0.25) is 14.5 Å². The molecule has 0 radical (unpaired) electrons. The molecule has 1 aliphatic rings. The van der Waals surface area contributed by atoms with E-state index in [1.807, 2.05) is 4.90 Å². The number of hydrogen-bond donors (Lipinski definition) is 2. The molecule has 0 aliphatic carbocycles. The minimum Gasteiger partial charge on any atom is -0.374 e. The Morgan fingerprint density at radius 2 is 2.23 bits per heavy atom. The number of thiazole rings is 1. The number of rotatable bonds is 9. The SMILES string of the molecule is NC(=O)Cc1csc(SCC(=O)NCC2CN(Cc3ccc(F)cc3F)CCO2)n1. The molecule has 1 unspecified atom stereocenters. The second kappa shape index (κ2) is 10.8. The van der Waals surface area contributed by atoms with Crippen LogP contribution in [0.15, 0.2) is 27.9 Å². The van der Waals surface area contributed by atoms with Crippen LogP contribution in [0.2, 0.25) is 0 Å². The van der Waals surface area contributed by atoms with E-state index in [1.165, 1.54) is 35.2 Å². The number of ether oxygens (including phenoxy) is 1. The van der Waals surface area contributed by atoms with Crippen LogP contribution in [0, 0.1) is 11.6 Å². The van der Waals surface area contributed by atoms with Crippen LogP contribution in [0.1, 0.15) is 11.3 Å². The van der Waals surface area contributed by atoms with Gasteiger partial charge >= 0.3 is 0 Å². The number of nitrogens with zero attached hydrogens (tertiary/aromatic N) is 2. The Kier molecular flexibility index (Phi) is 8.14. The molecular weight excluding hydrogens is 434 g/mol. The van der Waals surface area contributed by atoms with Gasteiger partial charge in [0.05, 0.1) is 30.6 Å². The number of carbonyl (C=O) groups excluding carboxylic acids is 2. The second-order valence-corrected chi connectivity index (χ2v) is 8.88. The van der Waals surface area contributed by atoms with Crippen molar-refractivity contribution in [1.82, 2.24) is 15.2 Å². The molecule has 30 heavy (non-hydrogen) atoms. The van der Waals surface area contributed by atoms with E-state index < -0.39 is 17.5 Å². The molecule has 1 fully saturated rings. The lowest BCUT2D eigenvalue weighted by Gasteiger charge is -2.33. The summed E-state index contributed by atoms with van der Waals surface area (Å²) in [7, 11) is 0. The summed E-state index contributed by atoms with van der Waals surface area (Å²) in [5.74, 6) is -1.57. The van der Waals surface area contributed by atoms with Crippen molar-refractivity contribution < 1.29 is 23.1 Å². The van der Waals surface area contributed by atoms with E-state index in [9.17, 15) is 18.4 Å². The van der Waals surface area contributed by atoms with E-state index >= 15 is 0 Å². The molecule has 2 amide bonds. The molecule has 3 rings (SSSR count). The van der Waals surface area contributed by atoms with E-state index in [0.29, 0.717) is 48.4 Å². The van der Waals surface area contributed by atoms with Crippen LogP contribution in [0.5, 0.6) is 0 Å². The van der Waals surface area contributed by atoms with Gasteiger partial charge in [-0.05, 0) is 6.07 Å². The number of thioether (sulfide) groups is 1. The summed E-state index contributed by atoms with van der Waals surface area (Å²) >= 11 is 2.65. The summed E-state index contributed by atoms with van der Waals surface area (Å²) < 4.78 is 33.3. The Morgan fingerprint density at radius 3 is 3.00 bits per heavy atom. The molecule has 3 N–H and O–H groups in total. The number of morpholine rings is 1. The highest BCUT2D eigenvalue weighted by molar-refractivity contribution is 8.01. The summed E-state index contributed by atoms with van der Waals surface area (Å²) in [6.07, 6.45) is -0.126. The highest BCUT2D eigenvalue weighted by atomic mass is 32.2. The van der Waals surface area contributed by atoms with E-state index in [1.54, 1.807) is 5.38 Å². The molecule has 1 aromatic heterocycles. The van der Waals surface area contributed by atoms with Crippen LogP contribution in [-0.2, 0) is 27.3 Å². The Hall–Kier alpha value is -2.08. The quantitative estimate of drug-likeness (QED) is 0.556. The maximum atomic E-state index is 13.9. The van der Waals surface area contributed by atoms with Crippen molar-refractivity contribution in [3.05, 3.63) is 46.5 Å². The topological polar surface area (TPSA) is 97.5 Å². The zero-order valence-electron chi connectivity index (χ0n) is 16.1. The summed E-state index contributed by atoms with van der Waals surface area (Å²) in [5.41, 5.74) is 6.17. The van der Waals surface area contributed by atoms with Gasteiger partial charge in [-0.15, -0.1) is 11.3 Å².